The van der Waals surface area contributed by atoms with Gasteiger partial charge in [-0.05, 0) is 35.7 Å². The summed E-state index contributed by atoms with van der Waals surface area (Å²) in [4.78, 5) is 14.7. The molecule has 1 N–H and O–H groups in total. The van der Waals surface area contributed by atoms with Crippen molar-refractivity contribution in [1.29, 1.82) is 0 Å². The molecule has 0 saturated carbocycles. The summed E-state index contributed by atoms with van der Waals surface area (Å²) < 4.78 is 7.68. The Bertz CT molecular complexity index is 997. The van der Waals surface area contributed by atoms with Crippen molar-refractivity contribution in [2.75, 3.05) is 7.11 Å². The van der Waals surface area contributed by atoms with Crippen LogP contribution in [0.25, 0.3) is 27.4 Å². The summed E-state index contributed by atoms with van der Waals surface area (Å²) in [5, 5.41) is 10.1. The van der Waals surface area contributed by atoms with Gasteiger partial charge in [0.2, 0.25) is 5.78 Å². The smallest absolute Gasteiger partial charge is 0.270 e. The molecule has 1 aromatic carbocycles. The largest absolute Gasteiger partial charge is 0.497 e. The molecule has 0 fully saturated rings. The van der Waals surface area contributed by atoms with E-state index in [4.69, 9.17) is 4.74 Å². The molecule has 0 bridgehead atoms. The van der Waals surface area contributed by atoms with Crippen molar-refractivity contribution in [1.82, 2.24) is 19.6 Å². The van der Waals surface area contributed by atoms with Crippen LogP contribution in [0.5, 0.6) is 5.75 Å². The Morgan fingerprint density at radius 1 is 1.19 bits per heavy atom. The fraction of sp³-hybridized carbons (Fsp3) is 0.0714. The van der Waals surface area contributed by atoms with E-state index in [1.165, 1.54) is 11.3 Å². The Labute approximate surface area is 122 Å². The molecule has 7 heteroatoms. The number of nitrogens with one attached hydrogen (secondary N) is 1. The molecule has 0 radical (unpaired) electrons. The molecule has 104 valence electrons. The summed E-state index contributed by atoms with van der Waals surface area (Å²) in [7, 11) is 1.63. The zero-order valence-electron chi connectivity index (χ0n) is 11.0. The first kappa shape index (κ1) is 12.1. The van der Waals surface area contributed by atoms with Crippen LogP contribution in [0, 0.1) is 0 Å². The lowest BCUT2D eigenvalue weighted by atomic mass is 10.2. The van der Waals surface area contributed by atoms with Crippen molar-refractivity contribution < 1.29 is 4.74 Å². The van der Waals surface area contributed by atoms with E-state index in [1.54, 1.807) is 7.11 Å². The predicted octanol–water partition coefficient (Wildman–Crippen LogP) is 2.31. The minimum Gasteiger partial charge on any atom is -0.497 e. The number of methoxy groups -OCH3 is 1. The van der Waals surface area contributed by atoms with Gasteiger partial charge in [0.15, 0.2) is 5.82 Å². The maximum absolute atomic E-state index is 11.9. The van der Waals surface area contributed by atoms with Crippen LogP contribution >= 0.6 is 11.3 Å². The SMILES string of the molecule is COc1ccc(-c2nnc3[nH]c(=O)c4sccc4n23)cc1. The van der Waals surface area contributed by atoms with E-state index < -0.39 is 0 Å². The number of rotatable bonds is 2. The molecule has 0 saturated heterocycles. The van der Waals surface area contributed by atoms with Gasteiger partial charge in [-0.2, -0.15) is 0 Å². The molecule has 21 heavy (non-hydrogen) atoms. The van der Waals surface area contributed by atoms with E-state index in [2.05, 4.69) is 15.2 Å². The summed E-state index contributed by atoms with van der Waals surface area (Å²) >= 11 is 1.40. The fourth-order valence-corrected chi connectivity index (χ4v) is 3.10. The lowest BCUT2D eigenvalue weighted by Gasteiger charge is -2.03. The molecular weight excluding hydrogens is 288 g/mol. The highest BCUT2D eigenvalue weighted by Gasteiger charge is 2.14. The highest BCUT2D eigenvalue weighted by atomic mass is 32.1. The molecule has 6 nitrogen and oxygen atoms in total. The maximum Gasteiger partial charge on any atom is 0.270 e. The van der Waals surface area contributed by atoms with Gasteiger partial charge in [0, 0.05) is 5.56 Å². The Kier molecular flexibility index (Phi) is 2.55. The third-order valence-corrected chi connectivity index (χ3v) is 4.23. The second kappa shape index (κ2) is 4.42. The molecule has 0 unspecified atom stereocenters. The van der Waals surface area contributed by atoms with Gasteiger partial charge in [0.1, 0.15) is 10.4 Å². The first-order valence-electron chi connectivity index (χ1n) is 6.27. The first-order valence-corrected chi connectivity index (χ1v) is 7.15. The lowest BCUT2D eigenvalue weighted by molar-refractivity contribution is 0.415. The van der Waals surface area contributed by atoms with Crippen LogP contribution in [0.3, 0.4) is 0 Å². The number of hydrogen-bond donors (Lipinski definition) is 1. The molecule has 0 aliphatic rings. The van der Waals surface area contributed by atoms with Crippen LogP contribution in [0.1, 0.15) is 0 Å². The Balaban J connectivity index is 2.04. The van der Waals surface area contributed by atoms with E-state index in [0.29, 0.717) is 16.3 Å². The number of aromatic amines is 1. The van der Waals surface area contributed by atoms with Gasteiger partial charge in [0.05, 0.1) is 12.6 Å². The number of H-pyrrole nitrogens is 1. The molecule has 0 aliphatic carbocycles. The molecule has 4 aromatic rings. The average molecular weight is 298 g/mol. The van der Waals surface area contributed by atoms with Gasteiger partial charge in [-0.15, -0.1) is 21.5 Å². The van der Waals surface area contributed by atoms with Crippen LogP contribution in [0.15, 0.2) is 40.5 Å². The second-order valence-corrected chi connectivity index (χ2v) is 5.42. The van der Waals surface area contributed by atoms with Crippen molar-refractivity contribution in [2.45, 2.75) is 0 Å². The molecule has 0 atom stereocenters. The van der Waals surface area contributed by atoms with E-state index in [9.17, 15) is 4.79 Å². The summed E-state index contributed by atoms with van der Waals surface area (Å²) in [6.07, 6.45) is 0. The van der Waals surface area contributed by atoms with Crippen molar-refractivity contribution in [3.63, 3.8) is 0 Å². The number of nitrogens with zero attached hydrogens (tertiary/aromatic N) is 3. The van der Waals surface area contributed by atoms with Crippen LogP contribution in [0.2, 0.25) is 0 Å². The molecule has 3 aromatic heterocycles. The number of fused-ring (bicyclic) bond motifs is 3. The maximum atomic E-state index is 11.9. The fourth-order valence-electron chi connectivity index (χ4n) is 2.33. The van der Waals surface area contributed by atoms with Crippen molar-refractivity contribution >= 4 is 27.3 Å². The summed E-state index contributed by atoms with van der Waals surface area (Å²) in [5.41, 5.74) is 1.58. The second-order valence-electron chi connectivity index (χ2n) is 4.50. The normalized spacial score (nSPS) is 11.3. The first-order chi connectivity index (χ1) is 10.3. The van der Waals surface area contributed by atoms with Crippen LogP contribution in [0.4, 0.5) is 0 Å². The third-order valence-electron chi connectivity index (χ3n) is 3.33. The number of thiophene rings is 1. The van der Waals surface area contributed by atoms with Gasteiger partial charge in [-0.3, -0.25) is 14.2 Å². The molecule has 4 rings (SSSR count). The lowest BCUT2D eigenvalue weighted by Crippen LogP contribution is -2.08. The molecule has 0 amide bonds. The Morgan fingerprint density at radius 2 is 2.00 bits per heavy atom. The molecule has 3 heterocycles. The zero-order chi connectivity index (χ0) is 14.4. The minimum atomic E-state index is -0.138. The standard InChI is InChI=1S/C14H10N4O2S/c1-20-9-4-2-8(3-5-9)12-16-17-14-15-13(19)11-10(18(12)14)6-7-21-11/h2-7H,1H3,(H,15,17,19). The van der Waals surface area contributed by atoms with E-state index in [1.807, 2.05) is 40.1 Å². The van der Waals surface area contributed by atoms with Gasteiger partial charge < -0.3 is 4.74 Å². The zero-order valence-corrected chi connectivity index (χ0v) is 11.8. The number of hydrogen-bond acceptors (Lipinski definition) is 5. The van der Waals surface area contributed by atoms with Crippen LogP contribution in [-0.4, -0.2) is 26.7 Å². The number of benzene rings is 1. The van der Waals surface area contributed by atoms with Crippen molar-refractivity contribution in [3.8, 4) is 17.1 Å². The van der Waals surface area contributed by atoms with Crippen LogP contribution < -0.4 is 10.3 Å². The van der Waals surface area contributed by atoms with Crippen LogP contribution in [-0.2, 0) is 0 Å². The third kappa shape index (κ3) is 1.74. The molecule has 0 aliphatic heterocycles. The quantitative estimate of drug-likeness (QED) is 0.616. The number of ether oxygens (including phenoxy) is 1. The minimum absolute atomic E-state index is 0.138. The van der Waals surface area contributed by atoms with E-state index in [0.717, 1.165) is 16.8 Å². The average Bonchev–Trinajstić information content (AvgIpc) is 3.13. The van der Waals surface area contributed by atoms with E-state index >= 15 is 0 Å². The number of aromatic nitrogens is 4. The van der Waals surface area contributed by atoms with Gasteiger partial charge in [-0.1, -0.05) is 0 Å². The van der Waals surface area contributed by atoms with Crippen molar-refractivity contribution in [3.05, 3.63) is 46.1 Å². The molecule has 0 spiro atoms. The van der Waals surface area contributed by atoms with Gasteiger partial charge in [0.25, 0.3) is 5.56 Å². The van der Waals surface area contributed by atoms with Gasteiger partial charge >= 0.3 is 0 Å². The summed E-state index contributed by atoms with van der Waals surface area (Å²) in [6.45, 7) is 0. The van der Waals surface area contributed by atoms with Gasteiger partial charge in [-0.25, -0.2) is 0 Å². The Morgan fingerprint density at radius 3 is 2.76 bits per heavy atom. The van der Waals surface area contributed by atoms with Crippen molar-refractivity contribution in [2.24, 2.45) is 0 Å². The highest BCUT2D eigenvalue weighted by Crippen LogP contribution is 2.25. The van der Waals surface area contributed by atoms with E-state index in [-0.39, 0.29) is 5.56 Å². The predicted molar refractivity (Wildman–Crippen MR) is 81.0 cm³/mol. The monoisotopic (exact) mass is 298 g/mol. The Hall–Kier alpha value is -2.67. The molecular formula is C14H10N4O2S. The highest BCUT2D eigenvalue weighted by molar-refractivity contribution is 7.17. The topological polar surface area (TPSA) is 72.3 Å². The summed E-state index contributed by atoms with van der Waals surface area (Å²) in [5.74, 6) is 1.91. The summed E-state index contributed by atoms with van der Waals surface area (Å²) in [6, 6.07) is 9.47.